The van der Waals surface area contributed by atoms with Crippen molar-refractivity contribution in [2.75, 3.05) is 7.11 Å². The number of aromatic nitrogens is 3. The van der Waals surface area contributed by atoms with Gasteiger partial charge < -0.3 is 9.72 Å². The first-order valence-electron chi connectivity index (χ1n) is 9.94. The Hall–Kier alpha value is -2.56. The third-order valence-corrected chi connectivity index (χ3v) is 3.05. The Bertz CT molecular complexity index is 759. The third kappa shape index (κ3) is 8.11. The van der Waals surface area contributed by atoms with Gasteiger partial charge in [0.05, 0.1) is 25.2 Å². The second kappa shape index (κ2) is 16.9. The molecule has 0 bridgehead atoms. The molecule has 0 saturated carbocycles. The van der Waals surface area contributed by atoms with Crippen molar-refractivity contribution in [1.82, 2.24) is 14.8 Å². The van der Waals surface area contributed by atoms with Crippen molar-refractivity contribution in [3.05, 3.63) is 58.5 Å². The predicted molar refractivity (Wildman–Crippen MR) is 118 cm³/mol. The van der Waals surface area contributed by atoms with E-state index in [-0.39, 0.29) is 5.43 Å². The fourth-order valence-corrected chi connectivity index (χ4v) is 2.03. The van der Waals surface area contributed by atoms with E-state index < -0.39 is 0 Å². The lowest BCUT2D eigenvalue weighted by Gasteiger charge is -2.05. The molecular formula is C22H37N3O2. The van der Waals surface area contributed by atoms with Gasteiger partial charge in [0, 0.05) is 12.3 Å². The molecule has 2 heterocycles. The summed E-state index contributed by atoms with van der Waals surface area (Å²) in [6.45, 7) is 16.6. The molecule has 0 fully saturated rings. The summed E-state index contributed by atoms with van der Waals surface area (Å²) < 4.78 is 6.90. The summed E-state index contributed by atoms with van der Waals surface area (Å²) in [6.07, 6.45) is 3.23. The molecule has 1 aromatic carbocycles. The summed E-state index contributed by atoms with van der Waals surface area (Å²) in [4.78, 5) is 14.7. The first-order chi connectivity index (χ1) is 13.3. The molecule has 0 aliphatic carbocycles. The van der Waals surface area contributed by atoms with Gasteiger partial charge in [-0.2, -0.15) is 5.10 Å². The number of nitrogens with one attached hydrogen (secondary N) is 1. The lowest BCUT2D eigenvalue weighted by atomic mass is 10.2. The molecule has 0 aliphatic rings. The molecule has 0 amide bonds. The number of benzene rings is 1. The van der Waals surface area contributed by atoms with E-state index in [1.54, 1.807) is 24.2 Å². The molecule has 1 N–H and O–H groups in total. The second-order valence-electron chi connectivity index (χ2n) is 4.25. The number of methoxy groups -OCH3 is 1. The highest BCUT2D eigenvalue weighted by Crippen LogP contribution is 2.13. The predicted octanol–water partition coefficient (Wildman–Crippen LogP) is 5.89. The highest BCUT2D eigenvalue weighted by Gasteiger charge is 2.06. The van der Waals surface area contributed by atoms with Gasteiger partial charge in [0.1, 0.15) is 11.4 Å². The number of rotatable bonds is 3. The molecule has 0 unspecified atom stereocenters. The first-order valence-corrected chi connectivity index (χ1v) is 9.94. The van der Waals surface area contributed by atoms with Crippen LogP contribution in [0.5, 0.6) is 5.75 Å². The molecule has 3 rings (SSSR count). The summed E-state index contributed by atoms with van der Waals surface area (Å²) in [7, 11) is 1.64. The maximum Gasteiger partial charge on any atom is 0.192 e. The van der Waals surface area contributed by atoms with Crippen LogP contribution in [0.3, 0.4) is 0 Å². The van der Waals surface area contributed by atoms with Gasteiger partial charge in [-0.05, 0) is 17.7 Å². The largest absolute Gasteiger partial charge is 0.497 e. The molecular weight excluding hydrogens is 338 g/mol. The van der Waals surface area contributed by atoms with Crippen molar-refractivity contribution < 1.29 is 4.74 Å². The Morgan fingerprint density at radius 3 is 2.00 bits per heavy atom. The zero-order valence-electron chi connectivity index (χ0n) is 18.5. The summed E-state index contributed by atoms with van der Waals surface area (Å²) >= 11 is 0. The number of hydrogen-bond donors (Lipinski definition) is 1. The standard InChI is InChI=1S/C14H13N3O2.4C2H6/c1-19-11-4-2-10(3-5-11)9-17-14-12(8-16-17)13(18)6-7-15-14;4*1-2/h2-8H,9H2,1H3,(H,15,18);4*1-2H3. The monoisotopic (exact) mass is 375 g/mol. The minimum absolute atomic E-state index is 0.0188. The number of hydrogen-bond acceptors (Lipinski definition) is 3. The highest BCUT2D eigenvalue weighted by atomic mass is 16.5. The van der Waals surface area contributed by atoms with E-state index >= 15 is 0 Å². The number of pyridine rings is 1. The van der Waals surface area contributed by atoms with Crippen LogP contribution in [0.1, 0.15) is 61.0 Å². The highest BCUT2D eigenvalue weighted by molar-refractivity contribution is 5.73. The molecule has 5 heteroatoms. The molecule has 27 heavy (non-hydrogen) atoms. The Kier molecular flexibility index (Phi) is 16.7. The van der Waals surface area contributed by atoms with Crippen molar-refractivity contribution in [3.63, 3.8) is 0 Å². The van der Waals surface area contributed by atoms with E-state index in [4.69, 9.17) is 4.74 Å². The molecule has 2 aromatic heterocycles. The minimum Gasteiger partial charge on any atom is -0.497 e. The quantitative estimate of drug-likeness (QED) is 0.621. The lowest BCUT2D eigenvalue weighted by Crippen LogP contribution is -2.04. The van der Waals surface area contributed by atoms with E-state index in [1.807, 2.05) is 79.7 Å². The van der Waals surface area contributed by atoms with Crippen LogP contribution >= 0.6 is 0 Å². The van der Waals surface area contributed by atoms with E-state index in [1.165, 1.54) is 6.07 Å². The van der Waals surface area contributed by atoms with Crippen molar-refractivity contribution >= 4 is 11.0 Å². The van der Waals surface area contributed by atoms with Crippen LogP contribution in [0.25, 0.3) is 11.0 Å². The molecule has 0 spiro atoms. The Labute approximate surface area is 164 Å². The number of ether oxygens (including phenoxy) is 1. The Balaban J connectivity index is 0. The van der Waals surface area contributed by atoms with Crippen LogP contribution in [-0.2, 0) is 6.54 Å². The van der Waals surface area contributed by atoms with Gasteiger partial charge in [0.25, 0.3) is 0 Å². The average Bonchev–Trinajstić information content (AvgIpc) is 3.18. The fraction of sp³-hybridized carbons (Fsp3) is 0.455. The zero-order valence-corrected chi connectivity index (χ0v) is 18.5. The van der Waals surface area contributed by atoms with Crippen molar-refractivity contribution in [2.45, 2.75) is 61.9 Å². The van der Waals surface area contributed by atoms with Crippen molar-refractivity contribution in [2.24, 2.45) is 0 Å². The number of nitrogens with zero attached hydrogens (tertiary/aromatic N) is 2. The van der Waals surface area contributed by atoms with Gasteiger partial charge >= 0.3 is 0 Å². The molecule has 0 atom stereocenters. The summed E-state index contributed by atoms with van der Waals surface area (Å²) in [5, 5.41) is 4.86. The fourth-order valence-electron chi connectivity index (χ4n) is 2.03. The third-order valence-electron chi connectivity index (χ3n) is 3.05. The van der Waals surface area contributed by atoms with Crippen molar-refractivity contribution in [1.29, 1.82) is 0 Å². The molecule has 0 radical (unpaired) electrons. The van der Waals surface area contributed by atoms with Crippen molar-refractivity contribution in [3.8, 4) is 5.75 Å². The van der Waals surface area contributed by atoms with E-state index in [0.717, 1.165) is 17.0 Å². The van der Waals surface area contributed by atoms with E-state index in [9.17, 15) is 4.79 Å². The van der Waals surface area contributed by atoms with Crippen LogP contribution < -0.4 is 10.2 Å². The second-order valence-corrected chi connectivity index (χ2v) is 4.25. The van der Waals surface area contributed by atoms with E-state index in [0.29, 0.717) is 11.9 Å². The normalized spacial score (nSPS) is 8.48. The van der Waals surface area contributed by atoms with Gasteiger partial charge in [0.2, 0.25) is 0 Å². The smallest absolute Gasteiger partial charge is 0.192 e. The minimum atomic E-state index is -0.0188. The topological polar surface area (TPSA) is 59.9 Å². The van der Waals surface area contributed by atoms with Gasteiger partial charge in [-0.25, -0.2) is 4.68 Å². The number of fused-ring (bicyclic) bond motifs is 1. The SMILES string of the molecule is CC.CC.CC.CC.COc1ccc(Cn2ncc3c(=O)cc[nH]c32)cc1. The maximum absolute atomic E-state index is 11.6. The summed E-state index contributed by atoms with van der Waals surface area (Å²) in [6, 6.07) is 9.27. The van der Waals surface area contributed by atoms with Gasteiger partial charge in [-0.3, -0.25) is 4.79 Å². The van der Waals surface area contributed by atoms with Crippen LogP contribution in [-0.4, -0.2) is 21.9 Å². The molecule has 0 saturated heterocycles. The first kappa shape index (κ1) is 26.7. The van der Waals surface area contributed by atoms with E-state index in [2.05, 4.69) is 10.1 Å². The Morgan fingerprint density at radius 2 is 1.48 bits per heavy atom. The van der Waals surface area contributed by atoms with Crippen LogP contribution in [0.15, 0.2) is 47.5 Å². The van der Waals surface area contributed by atoms with Crippen LogP contribution in [0.4, 0.5) is 0 Å². The van der Waals surface area contributed by atoms with Gasteiger partial charge in [-0.1, -0.05) is 67.5 Å². The lowest BCUT2D eigenvalue weighted by molar-refractivity contribution is 0.414. The van der Waals surface area contributed by atoms with Gasteiger partial charge in [0.15, 0.2) is 5.43 Å². The Morgan fingerprint density at radius 1 is 0.926 bits per heavy atom. The van der Waals surface area contributed by atoms with Crippen LogP contribution in [0, 0.1) is 0 Å². The average molecular weight is 376 g/mol. The summed E-state index contributed by atoms with van der Waals surface area (Å²) in [5.74, 6) is 0.822. The maximum atomic E-state index is 11.6. The number of H-pyrrole nitrogens is 1. The molecule has 0 aliphatic heterocycles. The van der Waals surface area contributed by atoms with Crippen LogP contribution in [0.2, 0.25) is 0 Å². The zero-order chi connectivity index (χ0) is 21.2. The molecule has 5 nitrogen and oxygen atoms in total. The molecule has 152 valence electrons. The summed E-state index contributed by atoms with van der Waals surface area (Å²) in [5.41, 5.74) is 1.81. The molecule has 3 aromatic rings. The van der Waals surface area contributed by atoms with Gasteiger partial charge in [-0.15, -0.1) is 0 Å². The number of aromatic amines is 1.